The highest BCUT2D eigenvalue weighted by Crippen LogP contribution is 2.38. The molecule has 0 radical (unpaired) electrons. The fraction of sp³-hybridized carbons (Fsp3) is 1.00. The molecule has 3 nitrogen and oxygen atoms in total. The second-order valence-corrected chi connectivity index (χ2v) is 8.73. The van der Waals surface area contributed by atoms with Crippen molar-refractivity contribution in [1.82, 2.24) is 5.32 Å². The SMILES string of the molecule is CNC(C1CCC(C)C(C)C1)C1CCS(=O)(=O)C1. The van der Waals surface area contributed by atoms with Crippen molar-refractivity contribution in [2.24, 2.45) is 23.7 Å². The van der Waals surface area contributed by atoms with Crippen LogP contribution in [-0.4, -0.2) is 33.0 Å². The van der Waals surface area contributed by atoms with Crippen LogP contribution in [0, 0.1) is 23.7 Å². The molecule has 1 saturated heterocycles. The Bertz CT molecular complexity index is 379. The van der Waals surface area contributed by atoms with Gasteiger partial charge in [-0.25, -0.2) is 8.42 Å². The lowest BCUT2D eigenvalue weighted by atomic mass is 9.71. The lowest BCUT2D eigenvalue weighted by Crippen LogP contribution is -2.43. The van der Waals surface area contributed by atoms with Gasteiger partial charge in [-0.3, -0.25) is 0 Å². The molecule has 0 aromatic rings. The average Bonchev–Trinajstić information content (AvgIpc) is 2.65. The summed E-state index contributed by atoms with van der Waals surface area (Å²) < 4.78 is 23.3. The van der Waals surface area contributed by atoms with Gasteiger partial charge in [-0.2, -0.15) is 0 Å². The minimum Gasteiger partial charge on any atom is -0.316 e. The van der Waals surface area contributed by atoms with Gasteiger partial charge < -0.3 is 5.32 Å². The molecule has 106 valence electrons. The predicted octanol–water partition coefficient (Wildman–Crippen LogP) is 2.08. The third-order valence-electron chi connectivity index (χ3n) is 5.26. The molecule has 0 bridgehead atoms. The molecule has 0 spiro atoms. The minimum atomic E-state index is -2.75. The first kappa shape index (κ1) is 14.3. The van der Waals surface area contributed by atoms with Crippen molar-refractivity contribution in [2.45, 2.75) is 45.6 Å². The van der Waals surface area contributed by atoms with Crippen LogP contribution >= 0.6 is 0 Å². The predicted molar refractivity (Wildman–Crippen MR) is 75.3 cm³/mol. The smallest absolute Gasteiger partial charge is 0.150 e. The van der Waals surface area contributed by atoms with Crippen LogP contribution in [0.4, 0.5) is 0 Å². The Morgan fingerprint density at radius 3 is 2.28 bits per heavy atom. The van der Waals surface area contributed by atoms with Gasteiger partial charge in [-0.15, -0.1) is 0 Å². The zero-order chi connectivity index (χ0) is 13.3. The van der Waals surface area contributed by atoms with Gasteiger partial charge >= 0.3 is 0 Å². The van der Waals surface area contributed by atoms with Crippen molar-refractivity contribution in [1.29, 1.82) is 0 Å². The van der Waals surface area contributed by atoms with Crippen molar-refractivity contribution in [3.05, 3.63) is 0 Å². The lowest BCUT2D eigenvalue weighted by Gasteiger charge is -2.38. The van der Waals surface area contributed by atoms with Crippen LogP contribution in [0.1, 0.15) is 39.5 Å². The van der Waals surface area contributed by atoms with E-state index in [0.29, 0.717) is 29.4 Å². The van der Waals surface area contributed by atoms with Crippen LogP contribution in [0.2, 0.25) is 0 Å². The maximum atomic E-state index is 11.6. The van der Waals surface area contributed by atoms with E-state index in [1.165, 1.54) is 19.3 Å². The fourth-order valence-corrected chi connectivity index (χ4v) is 5.73. The van der Waals surface area contributed by atoms with Crippen molar-refractivity contribution in [3.8, 4) is 0 Å². The first-order valence-electron chi connectivity index (χ1n) is 7.30. The monoisotopic (exact) mass is 273 g/mol. The van der Waals surface area contributed by atoms with E-state index in [-0.39, 0.29) is 0 Å². The lowest BCUT2D eigenvalue weighted by molar-refractivity contribution is 0.151. The minimum absolute atomic E-state index is 0.339. The highest BCUT2D eigenvalue weighted by molar-refractivity contribution is 7.91. The molecule has 1 heterocycles. The van der Waals surface area contributed by atoms with Crippen LogP contribution in [0.15, 0.2) is 0 Å². The Labute approximate surface area is 112 Å². The van der Waals surface area contributed by atoms with Crippen molar-refractivity contribution < 1.29 is 8.42 Å². The van der Waals surface area contributed by atoms with Crippen molar-refractivity contribution in [3.63, 3.8) is 0 Å². The van der Waals surface area contributed by atoms with Crippen LogP contribution in [0.25, 0.3) is 0 Å². The van der Waals surface area contributed by atoms with Crippen LogP contribution < -0.4 is 5.32 Å². The molecule has 1 N–H and O–H groups in total. The summed E-state index contributed by atoms with van der Waals surface area (Å²) in [5, 5.41) is 3.42. The quantitative estimate of drug-likeness (QED) is 0.856. The third-order valence-corrected chi connectivity index (χ3v) is 7.05. The second-order valence-electron chi connectivity index (χ2n) is 6.51. The van der Waals surface area contributed by atoms with E-state index in [1.807, 2.05) is 7.05 Å². The molecule has 1 aliphatic heterocycles. The zero-order valence-corrected chi connectivity index (χ0v) is 12.7. The Balaban J connectivity index is 2.01. The van der Waals surface area contributed by atoms with E-state index in [1.54, 1.807) is 0 Å². The Morgan fingerprint density at radius 1 is 1.06 bits per heavy atom. The molecular weight excluding hydrogens is 246 g/mol. The van der Waals surface area contributed by atoms with E-state index >= 15 is 0 Å². The van der Waals surface area contributed by atoms with E-state index in [2.05, 4.69) is 19.2 Å². The molecule has 5 unspecified atom stereocenters. The van der Waals surface area contributed by atoms with Gasteiger partial charge in [-0.1, -0.05) is 20.3 Å². The molecule has 1 aliphatic carbocycles. The molecule has 2 fully saturated rings. The van der Waals surface area contributed by atoms with Crippen LogP contribution in [0.5, 0.6) is 0 Å². The number of sulfone groups is 1. The average molecular weight is 273 g/mol. The molecule has 18 heavy (non-hydrogen) atoms. The molecule has 1 saturated carbocycles. The molecule has 0 aromatic heterocycles. The summed E-state index contributed by atoms with van der Waals surface area (Å²) in [4.78, 5) is 0. The maximum Gasteiger partial charge on any atom is 0.150 e. The van der Waals surface area contributed by atoms with Gasteiger partial charge in [0.1, 0.15) is 0 Å². The third kappa shape index (κ3) is 3.08. The van der Waals surface area contributed by atoms with Crippen molar-refractivity contribution >= 4 is 9.84 Å². The highest BCUT2D eigenvalue weighted by Gasteiger charge is 2.38. The van der Waals surface area contributed by atoms with Gasteiger partial charge in [0.25, 0.3) is 0 Å². The maximum absolute atomic E-state index is 11.6. The summed E-state index contributed by atoms with van der Waals surface area (Å²) >= 11 is 0. The highest BCUT2D eigenvalue weighted by atomic mass is 32.2. The van der Waals surface area contributed by atoms with E-state index < -0.39 is 9.84 Å². The summed E-state index contributed by atoms with van der Waals surface area (Å²) in [5.74, 6) is 3.40. The number of hydrogen-bond acceptors (Lipinski definition) is 3. The van der Waals surface area contributed by atoms with E-state index in [4.69, 9.17) is 0 Å². The number of nitrogens with one attached hydrogen (secondary N) is 1. The van der Waals surface area contributed by atoms with Gasteiger partial charge in [0.15, 0.2) is 9.84 Å². The molecule has 5 atom stereocenters. The van der Waals surface area contributed by atoms with Gasteiger partial charge in [-0.05, 0) is 50.0 Å². The normalized spacial score (nSPS) is 41.7. The number of rotatable bonds is 3. The summed E-state index contributed by atoms with van der Waals surface area (Å²) in [6.45, 7) is 4.68. The topological polar surface area (TPSA) is 46.2 Å². The largest absolute Gasteiger partial charge is 0.316 e. The van der Waals surface area contributed by atoms with Gasteiger partial charge in [0.2, 0.25) is 0 Å². The summed E-state index contributed by atoms with van der Waals surface area (Å²) in [6, 6.07) is 0.400. The van der Waals surface area contributed by atoms with Crippen LogP contribution in [-0.2, 0) is 9.84 Å². The Kier molecular flexibility index (Phi) is 4.37. The van der Waals surface area contributed by atoms with E-state index in [0.717, 1.165) is 18.3 Å². The molecule has 2 rings (SSSR count). The molecule has 4 heteroatoms. The summed E-state index contributed by atoms with van der Waals surface area (Å²) in [5.41, 5.74) is 0. The molecule has 0 amide bonds. The zero-order valence-electron chi connectivity index (χ0n) is 11.9. The van der Waals surface area contributed by atoms with Gasteiger partial charge in [0, 0.05) is 6.04 Å². The molecule has 2 aliphatic rings. The second kappa shape index (κ2) is 5.49. The fourth-order valence-electron chi connectivity index (χ4n) is 3.88. The Hall–Kier alpha value is -0.0900. The first-order valence-corrected chi connectivity index (χ1v) is 9.12. The Morgan fingerprint density at radius 2 is 1.78 bits per heavy atom. The standard InChI is InChI=1S/C14H27NO2S/c1-10-4-5-12(8-11(10)2)14(15-3)13-6-7-18(16,17)9-13/h10-15H,4-9H2,1-3H3. The molecular formula is C14H27NO2S. The van der Waals surface area contributed by atoms with Gasteiger partial charge in [0.05, 0.1) is 11.5 Å². The van der Waals surface area contributed by atoms with E-state index in [9.17, 15) is 8.42 Å². The summed E-state index contributed by atoms with van der Waals surface area (Å²) in [7, 11) is -0.755. The molecule has 0 aromatic carbocycles. The summed E-state index contributed by atoms with van der Waals surface area (Å²) in [6.07, 6.45) is 4.66. The first-order chi connectivity index (χ1) is 8.43. The van der Waals surface area contributed by atoms with Crippen molar-refractivity contribution in [2.75, 3.05) is 18.6 Å². The number of hydrogen-bond donors (Lipinski definition) is 1. The van der Waals surface area contributed by atoms with Crippen LogP contribution in [0.3, 0.4) is 0 Å².